The molecule has 0 amide bonds. The summed E-state index contributed by atoms with van der Waals surface area (Å²) in [6.07, 6.45) is 0. The van der Waals surface area contributed by atoms with Crippen LogP contribution in [0, 0.1) is 6.92 Å². The predicted octanol–water partition coefficient (Wildman–Crippen LogP) is 2.03. The van der Waals surface area contributed by atoms with E-state index in [9.17, 15) is 5.11 Å². The summed E-state index contributed by atoms with van der Waals surface area (Å²) < 4.78 is 4.94. The Morgan fingerprint density at radius 2 is 2.24 bits per heavy atom. The SMILES string of the molecule is Cc1noc(CNCc2c(O)cccc2Cl)n1. The average molecular weight is 254 g/mol. The predicted molar refractivity (Wildman–Crippen MR) is 62.7 cm³/mol. The van der Waals surface area contributed by atoms with E-state index in [0.29, 0.717) is 35.4 Å². The zero-order valence-electron chi connectivity index (χ0n) is 9.27. The molecule has 0 unspecified atom stereocenters. The van der Waals surface area contributed by atoms with Gasteiger partial charge in [-0.2, -0.15) is 4.98 Å². The Kier molecular flexibility index (Phi) is 3.61. The third-order valence-electron chi connectivity index (χ3n) is 2.24. The lowest BCUT2D eigenvalue weighted by atomic mass is 10.2. The van der Waals surface area contributed by atoms with E-state index in [1.807, 2.05) is 0 Å². The van der Waals surface area contributed by atoms with Crippen LogP contribution in [0.3, 0.4) is 0 Å². The first-order chi connectivity index (χ1) is 8.16. The highest BCUT2D eigenvalue weighted by atomic mass is 35.5. The molecule has 2 N–H and O–H groups in total. The van der Waals surface area contributed by atoms with Crippen molar-refractivity contribution in [2.75, 3.05) is 0 Å². The molecule has 0 bridgehead atoms. The van der Waals surface area contributed by atoms with Gasteiger partial charge in [0.15, 0.2) is 5.82 Å². The fourth-order valence-electron chi connectivity index (χ4n) is 1.43. The zero-order valence-corrected chi connectivity index (χ0v) is 10.0. The molecule has 0 aliphatic heterocycles. The Morgan fingerprint density at radius 3 is 2.88 bits per heavy atom. The van der Waals surface area contributed by atoms with Crippen molar-refractivity contribution in [3.63, 3.8) is 0 Å². The van der Waals surface area contributed by atoms with Crippen LogP contribution >= 0.6 is 11.6 Å². The lowest BCUT2D eigenvalue weighted by molar-refractivity contribution is 0.363. The molecule has 90 valence electrons. The number of nitrogens with one attached hydrogen (secondary N) is 1. The van der Waals surface area contributed by atoms with Crippen molar-refractivity contribution in [3.05, 3.63) is 40.5 Å². The highest BCUT2D eigenvalue weighted by Gasteiger charge is 2.07. The minimum absolute atomic E-state index is 0.173. The van der Waals surface area contributed by atoms with E-state index < -0.39 is 0 Å². The average Bonchev–Trinajstić information content (AvgIpc) is 2.69. The molecule has 0 aliphatic carbocycles. The minimum atomic E-state index is 0.173. The fraction of sp³-hybridized carbons (Fsp3) is 0.273. The molecule has 0 radical (unpaired) electrons. The number of hydrogen-bond acceptors (Lipinski definition) is 5. The molecule has 0 atom stereocenters. The maximum Gasteiger partial charge on any atom is 0.240 e. The molecule has 5 nitrogen and oxygen atoms in total. The van der Waals surface area contributed by atoms with Gasteiger partial charge >= 0.3 is 0 Å². The van der Waals surface area contributed by atoms with Crippen LogP contribution in [0.5, 0.6) is 5.75 Å². The van der Waals surface area contributed by atoms with E-state index >= 15 is 0 Å². The maximum absolute atomic E-state index is 9.62. The van der Waals surface area contributed by atoms with Crippen LogP contribution in [0.15, 0.2) is 22.7 Å². The second-order valence-corrected chi connectivity index (χ2v) is 3.98. The second-order valence-electron chi connectivity index (χ2n) is 3.58. The lowest BCUT2D eigenvalue weighted by Crippen LogP contribution is -2.13. The first-order valence-electron chi connectivity index (χ1n) is 5.13. The van der Waals surface area contributed by atoms with Crippen molar-refractivity contribution in [1.82, 2.24) is 15.5 Å². The molecule has 1 heterocycles. The molecule has 1 aromatic carbocycles. The number of hydrogen-bond donors (Lipinski definition) is 2. The fourth-order valence-corrected chi connectivity index (χ4v) is 1.66. The largest absolute Gasteiger partial charge is 0.508 e. The molecule has 1 aromatic heterocycles. The van der Waals surface area contributed by atoms with Gasteiger partial charge in [-0.3, -0.25) is 0 Å². The van der Waals surface area contributed by atoms with E-state index in [-0.39, 0.29) is 5.75 Å². The third kappa shape index (κ3) is 2.95. The van der Waals surface area contributed by atoms with E-state index in [1.54, 1.807) is 25.1 Å². The van der Waals surface area contributed by atoms with Gasteiger partial charge in [0.05, 0.1) is 6.54 Å². The number of aromatic nitrogens is 2. The Bertz CT molecular complexity index is 493. The smallest absolute Gasteiger partial charge is 0.240 e. The second kappa shape index (κ2) is 5.16. The Hall–Kier alpha value is -1.59. The van der Waals surface area contributed by atoms with E-state index in [4.69, 9.17) is 16.1 Å². The van der Waals surface area contributed by atoms with E-state index in [2.05, 4.69) is 15.5 Å². The zero-order chi connectivity index (χ0) is 12.3. The van der Waals surface area contributed by atoms with Crippen molar-refractivity contribution < 1.29 is 9.63 Å². The van der Waals surface area contributed by atoms with Crippen LogP contribution in [0.2, 0.25) is 5.02 Å². The van der Waals surface area contributed by atoms with Crippen LogP contribution in [-0.2, 0) is 13.1 Å². The van der Waals surface area contributed by atoms with Gasteiger partial charge in [0, 0.05) is 17.1 Å². The topological polar surface area (TPSA) is 71.2 Å². The molecular formula is C11H12ClN3O2. The Morgan fingerprint density at radius 1 is 1.41 bits per heavy atom. The van der Waals surface area contributed by atoms with Crippen molar-refractivity contribution >= 4 is 11.6 Å². The van der Waals surface area contributed by atoms with E-state index in [0.717, 1.165) is 0 Å². The van der Waals surface area contributed by atoms with Crippen LogP contribution in [0.25, 0.3) is 0 Å². The molecule has 6 heteroatoms. The van der Waals surface area contributed by atoms with Crippen LogP contribution in [0.1, 0.15) is 17.3 Å². The van der Waals surface area contributed by atoms with Gasteiger partial charge in [-0.05, 0) is 19.1 Å². The standard InChI is InChI=1S/C11H12ClN3O2/c1-7-14-11(17-15-7)6-13-5-8-9(12)3-2-4-10(8)16/h2-4,13,16H,5-6H2,1H3. The Balaban J connectivity index is 1.94. The first kappa shape index (κ1) is 11.9. The molecule has 2 rings (SSSR count). The van der Waals surface area contributed by atoms with Gasteiger partial charge in [-0.25, -0.2) is 0 Å². The van der Waals surface area contributed by atoms with Gasteiger partial charge < -0.3 is 14.9 Å². The van der Waals surface area contributed by atoms with Crippen molar-refractivity contribution in [3.8, 4) is 5.75 Å². The van der Waals surface area contributed by atoms with Crippen molar-refractivity contribution in [1.29, 1.82) is 0 Å². The maximum atomic E-state index is 9.62. The summed E-state index contributed by atoms with van der Waals surface area (Å²) in [5.74, 6) is 1.28. The molecular weight excluding hydrogens is 242 g/mol. The van der Waals surface area contributed by atoms with E-state index in [1.165, 1.54) is 0 Å². The highest BCUT2D eigenvalue weighted by Crippen LogP contribution is 2.24. The number of rotatable bonds is 4. The lowest BCUT2D eigenvalue weighted by Gasteiger charge is -2.06. The van der Waals surface area contributed by atoms with Crippen LogP contribution in [0.4, 0.5) is 0 Å². The summed E-state index contributed by atoms with van der Waals surface area (Å²) in [5.41, 5.74) is 0.658. The molecule has 2 aromatic rings. The summed E-state index contributed by atoms with van der Waals surface area (Å²) >= 11 is 5.96. The number of phenols is 1. The number of benzene rings is 1. The molecule has 0 saturated heterocycles. The molecule has 0 saturated carbocycles. The Labute approximate surface area is 103 Å². The van der Waals surface area contributed by atoms with Crippen molar-refractivity contribution in [2.24, 2.45) is 0 Å². The summed E-state index contributed by atoms with van der Waals surface area (Å²) in [7, 11) is 0. The third-order valence-corrected chi connectivity index (χ3v) is 2.60. The van der Waals surface area contributed by atoms with Crippen LogP contribution in [-0.4, -0.2) is 15.2 Å². The number of aromatic hydroxyl groups is 1. The number of phenolic OH excluding ortho intramolecular Hbond substituents is 1. The van der Waals surface area contributed by atoms with Gasteiger partial charge in [-0.1, -0.05) is 22.8 Å². The van der Waals surface area contributed by atoms with Gasteiger partial charge in [0.25, 0.3) is 0 Å². The number of nitrogens with zero attached hydrogens (tertiary/aromatic N) is 2. The van der Waals surface area contributed by atoms with Crippen LogP contribution < -0.4 is 5.32 Å². The monoisotopic (exact) mass is 253 g/mol. The number of aryl methyl sites for hydroxylation is 1. The summed E-state index contributed by atoms with van der Waals surface area (Å²) in [5, 5.41) is 16.9. The molecule has 0 fully saturated rings. The van der Waals surface area contributed by atoms with Gasteiger partial charge in [0.2, 0.25) is 5.89 Å². The highest BCUT2D eigenvalue weighted by molar-refractivity contribution is 6.31. The first-order valence-corrected chi connectivity index (χ1v) is 5.51. The normalized spacial score (nSPS) is 10.7. The van der Waals surface area contributed by atoms with Crippen molar-refractivity contribution in [2.45, 2.75) is 20.0 Å². The quantitative estimate of drug-likeness (QED) is 0.872. The molecule has 0 aliphatic rings. The molecule has 0 spiro atoms. The summed E-state index contributed by atoms with van der Waals surface area (Å²) in [6.45, 7) is 2.63. The van der Waals surface area contributed by atoms with Gasteiger partial charge in [-0.15, -0.1) is 0 Å². The number of halogens is 1. The summed E-state index contributed by atoms with van der Waals surface area (Å²) in [4.78, 5) is 4.05. The molecule has 17 heavy (non-hydrogen) atoms. The van der Waals surface area contributed by atoms with Gasteiger partial charge in [0.1, 0.15) is 5.75 Å². The summed E-state index contributed by atoms with van der Waals surface area (Å²) in [6, 6.07) is 5.03. The minimum Gasteiger partial charge on any atom is -0.508 e.